The molecule has 1 aliphatic heterocycles. The highest BCUT2D eigenvalue weighted by Gasteiger charge is 2.37. The van der Waals surface area contributed by atoms with Gasteiger partial charge in [0.25, 0.3) is 0 Å². The summed E-state index contributed by atoms with van der Waals surface area (Å²) < 4.78 is 27.7. The van der Waals surface area contributed by atoms with Crippen LogP contribution in [0.15, 0.2) is 66.7 Å². The molecule has 0 bridgehead atoms. The van der Waals surface area contributed by atoms with Gasteiger partial charge in [-0.25, -0.2) is 9.07 Å². The number of para-hydroxylation sites is 1. The number of anilines is 1. The van der Waals surface area contributed by atoms with Crippen molar-refractivity contribution >= 4 is 28.5 Å². The smallest absolute Gasteiger partial charge is 0.249 e. The van der Waals surface area contributed by atoms with Gasteiger partial charge < -0.3 is 14.8 Å². The van der Waals surface area contributed by atoms with Gasteiger partial charge in [0.05, 0.1) is 5.52 Å². The summed E-state index contributed by atoms with van der Waals surface area (Å²) in [5, 5.41) is 11.3. The second-order valence-corrected chi connectivity index (χ2v) is 9.45. The second kappa shape index (κ2) is 10.1. The van der Waals surface area contributed by atoms with E-state index in [1.165, 1.54) is 21.7 Å². The first-order valence-electron chi connectivity index (χ1n) is 12.6. The van der Waals surface area contributed by atoms with E-state index in [9.17, 15) is 9.59 Å². The molecule has 2 amide bonds. The number of aromatic nitrogens is 3. The largest absolute Gasteiger partial charge is 0.454 e. The molecule has 2 aliphatic rings. The molecule has 0 saturated heterocycles. The van der Waals surface area contributed by atoms with Gasteiger partial charge in [0.15, 0.2) is 11.5 Å². The van der Waals surface area contributed by atoms with Gasteiger partial charge in [0.2, 0.25) is 18.6 Å². The van der Waals surface area contributed by atoms with E-state index in [0.29, 0.717) is 28.2 Å². The first-order chi connectivity index (χ1) is 18.6. The standard InChI is InChI=1S/C28H26FN5O4/c29-21-10-4-3-9-20(21)27(28(36)30-18-7-1-2-8-18)34(19-13-14-24-25(15-19)38-17-37-24)26(35)16-33-23-12-6-5-11-22(23)31-32-33/h3-6,9-15,18,27H,1-2,7-8,16-17H2,(H,30,36)/t27-/m0/s1. The topological polar surface area (TPSA) is 98.6 Å². The van der Waals surface area contributed by atoms with Crippen molar-refractivity contribution in [3.05, 3.63) is 78.1 Å². The third-order valence-electron chi connectivity index (χ3n) is 7.02. The summed E-state index contributed by atoms with van der Waals surface area (Å²) in [6.07, 6.45) is 3.72. The van der Waals surface area contributed by atoms with Crippen LogP contribution in [0.2, 0.25) is 0 Å². The maximum atomic E-state index is 15.3. The lowest BCUT2D eigenvalue weighted by atomic mass is 10.0. The Morgan fingerprint density at radius 3 is 2.63 bits per heavy atom. The Kier molecular flexibility index (Phi) is 6.36. The van der Waals surface area contributed by atoms with Crippen molar-refractivity contribution in [1.29, 1.82) is 0 Å². The van der Waals surface area contributed by atoms with E-state index in [-0.39, 0.29) is 24.9 Å². The molecule has 2 heterocycles. The molecular formula is C28H26FN5O4. The number of carbonyl (C=O) groups is 2. The summed E-state index contributed by atoms with van der Waals surface area (Å²) in [4.78, 5) is 29.3. The van der Waals surface area contributed by atoms with E-state index in [4.69, 9.17) is 9.47 Å². The summed E-state index contributed by atoms with van der Waals surface area (Å²) >= 11 is 0. The van der Waals surface area contributed by atoms with Crippen molar-refractivity contribution in [2.24, 2.45) is 0 Å². The Balaban J connectivity index is 1.44. The molecule has 6 rings (SSSR count). The fourth-order valence-electron chi connectivity index (χ4n) is 5.16. The second-order valence-electron chi connectivity index (χ2n) is 9.45. The molecule has 1 saturated carbocycles. The van der Waals surface area contributed by atoms with Crippen molar-refractivity contribution in [1.82, 2.24) is 20.3 Å². The molecule has 4 aromatic rings. The van der Waals surface area contributed by atoms with E-state index >= 15 is 4.39 Å². The molecule has 1 fully saturated rings. The van der Waals surface area contributed by atoms with Crippen LogP contribution in [0.25, 0.3) is 11.0 Å². The number of benzene rings is 3. The van der Waals surface area contributed by atoms with Gasteiger partial charge in [-0.2, -0.15) is 0 Å². The summed E-state index contributed by atoms with van der Waals surface area (Å²) in [7, 11) is 0. The fraction of sp³-hybridized carbons (Fsp3) is 0.286. The highest BCUT2D eigenvalue weighted by molar-refractivity contribution is 6.02. The minimum atomic E-state index is -1.26. The summed E-state index contributed by atoms with van der Waals surface area (Å²) in [6, 6.07) is 17.0. The molecule has 1 atom stereocenters. The molecule has 1 aromatic heterocycles. The lowest BCUT2D eigenvalue weighted by molar-refractivity contribution is -0.127. The minimum Gasteiger partial charge on any atom is -0.454 e. The minimum absolute atomic E-state index is 0.0234. The van der Waals surface area contributed by atoms with Crippen molar-refractivity contribution in [3.8, 4) is 11.5 Å². The maximum absolute atomic E-state index is 15.3. The molecule has 1 aliphatic carbocycles. The van der Waals surface area contributed by atoms with Crippen LogP contribution < -0.4 is 19.7 Å². The molecule has 0 radical (unpaired) electrons. The average molecular weight is 516 g/mol. The molecule has 194 valence electrons. The van der Waals surface area contributed by atoms with Crippen LogP contribution in [-0.4, -0.2) is 39.6 Å². The third-order valence-corrected chi connectivity index (χ3v) is 7.02. The predicted molar refractivity (Wildman–Crippen MR) is 137 cm³/mol. The van der Waals surface area contributed by atoms with Gasteiger partial charge >= 0.3 is 0 Å². The predicted octanol–water partition coefficient (Wildman–Crippen LogP) is 4.13. The number of amides is 2. The van der Waals surface area contributed by atoms with Gasteiger partial charge in [-0.15, -0.1) is 5.10 Å². The first-order valence-corrected chi connectivity index (χ1v) is 12.6. The first kappa shape index (κ1) is 23.9. The summed E-state index contributed by atoms with van der Waals surface area (Å²) in [6.45, 7) is -0.160. The Hall–Kier alpha value is -4.47. The molecule has 1 N–H and O–H groups in total. The number of hydrogen-bond donors (Lipinski definition) is 1. The van der Waals surface area contributed by atoms with Gasteiger partial charge in [-0.1, -0.05) is 48.4 Å². The zero-order chi connectivity index (χ0) is 26.1. The molecule has 0 spiro atoms. The van der Waals surface area contributed by atoms with Gasteiger partial charge in [0, 0.05) is 23.4 Å². The van der Waals surface area contributed by atoms with Crippen LogP contribution in [0.1, 0.15) is 37.3 Å². The van der Waals surface area contributed by atoms with Crippen molar-refractivity contribution in [3.63, 3.8) is 0 Å². The van der Waals surface area contributed by atoms with Gasteiger partial charge in [-0.05, 0) is 43.2 Å². The van der Waals surface area contributed by atoms with Crippen LogP contribution in [-0.2, 0) is 16.1 Å². The number of nitrogens with one attached hydrogen (secondary N) is 1. The zero-order valence-electron chi connectivity index (χ0n) is 20.5. The van der Waals surface area contributed by atoms with E-state index in [1.54, 1.807) is 36.4 Å². The van der Waals surface area contributed by atoms with Crippen LogP contribution in [0.5, 0.6) is 11.5 Å². The Labute approximate surface area is 218 Å². The fourth-order valence-corrected chi connectivity index (χ4v) is 5.16. The monoisotopic (exact) mass is 515 g/mol. The SMILES string of the molecule is O=C(NC1CCCC1)[C@H](c1ccccc1F)N(C(=O)Cn1nnc2ccccc21)c1ccc2c(c1)OCO2. The lowest BCUT2D eigenvalue weighted by Gasteiger charge is -2.32. The summed E-state index contributed by atoms with van der Waals surface area (Å²) in [5.41, 5.74) is 1.78. The lowest BCUT2D eigenvalue weighted by Crippen LogP contribution is -2.47. The van der Waals surface area contributed by atoms with Gasteiger partial charge in [0.1, 0.15) is 23.9 Å². The molecule has 0 unspecified atom stereocenters. The number of carbonyl (C=O) groups excluding carboxylic acids is 2. The van der Waals surface area contributed by atoms with E-state index in [0.717, 1.165) is 25.7 Å². The van der Waals surface area contributed by atoms with Gasteiger partial charge in [-0.3, -0.25) is 14.5 Å². The third kappa shape index (κ3) is 4.53. The van der Waals surface area contributed by atoms with E-state index in [1.807, 2.05) is 18.2 Å². The van der Waals surface area contributed by atoms with Crippen LogP contribution in [0, 0.1) is 5.82 Å². The van der Waals surface area contributed by atoms with Crippen molar-refractivity contribution < 1.29 is 23.5 Å². The molecular weight excluding hydrogens is 489 g/mol. The van der Waals surface area contributed by atoms with E-state index < -0.39 is 23.7 Å². The normalized spacial score (nSPS) is 15.5. The van der Waals surface area contributed by atoms with E-state index in [2.05, 4.69) is 15.6 Å². The number of fused-ring (bicyclic) bond motifs is 2. The Morgan fingerprint density at radius 1 is 1.03 bits per heavy atom. The highest BCUT2D eigenvalue weighted by atomic mass is 19.1. The van der Waals surface area contributed by atoms with Crippen LogP contribution in [0.3, 0.4) is 0 Å². The maximum Gasteiger partial charge on any atom is 0.249 e. The zero-order valence-corrected chi connectivity index (χ0v) is 20.5. The van der Waals surface area contributed by atoms with Crippen LogP contribution >= 0.6 is 0 Å². The molecule has 3 aromatic carbocycles. The highest BCUT2D eigenvalue weighted by Crippen LogP contribution is 2.39. The quantitative estimate of drug-likeness (QED) is 0.397. The number of halogens is 1. The Morgan fingerprint density at radius 2 is 1.79 bits per heavy atom. The Bertz CT molecular complexity index is 1500. The average Bonchev–Trinajstić information content (AvgIpc) is 3.69. The molecule has 10 heteroatoms. The number of nitrogens with zero attached hydrogens (tertiary/aromatic N) is 4. The number of ether oxygens (including phenoxy) is 2. The van der Waals surface area contributed by atoms with Crippen molar-refractivity contribution in [2.75, 3.05) is 11.7 Å². The summed E-state index contributed by atoms with van der Waals surface area (Å²) in [5.74, 6) is -0.522. The number of hydrogen-bond acceptors (Lipinski definition) is 6. The molecule has 38 heavy (non-hydrogen) atoms. The number of rotatable bonds is 7. The van der Waals surface area contributed by atoms with Crippen molar-refractivity contribution in [2.45, 2.75) is 44.3 Å². The molecule has 9 nitrogen and oxygen atoms in total. The van der Waals surface area contributed by atoms with Crippen LogP contribution in [0.4, 0.5) is 10.1 Å².